The Morgan fingerprint density at radius 3 is 2.83 bits per heavy atom. The van der Waals surface area contributed by atoms with Gasteiger partial charge in [-0.1, -0.05) is 11.8 Å². The summed E-state index contributed by atoms with van der Waals surface area (Å²) >= 11 is 1.60. The number of aryl methyl sites for hydroxylation is 1. The zero-order valence-electron chi connectivity index (χ0n) is 14.2. The van der Waals surface area contributed by atoms with E-state index in [2.05, 4.69) is 38.3 Å². The first-order valence-corrected chi connectivity index (χ1v) is 9.67. The number of anilines is 1. The highest BCUT2D eigenvalue weighted by Gasteiger charge is 2.23. The zero-order valence-corrected chi connectivity index (χ0v) is 15.0. The zero-order chi connectivity index (χ0) is 16.7. The second kappa shape index (κ2) is 6.27. The van der Waals surface area contributed by atoms with Crippen molar-refractivity contribution >= 4 is 17.6 Å². The number of fused-ring (bicyclic) bond motifs is 1. The fraction of sp³-hybridized carbons (Fsp3) is 0.588. The van der Waals surface area contributed by atoms with Crippen molar-refractivity contribution in [2.24, 2.45) is 0 Å². The summed E-state index contributed by atoms with van der Waals surface area (Å²) in [6.07, 6.45) is 6.00. The van der Waals surface area contributed by atoms with Gasteiger partial charge in [-0.25, -0.2) is 9.97 Å². The van der Waals surface area contributed by atoms with Crippen LogP contribution in [0.25, 0.3) is 0 Å². The van der Waals surface area contributed by atoms with Gasteiger partial charge in [0.1, 0.15) is 0 Å². The quantitative estimate of drug-likeness (QED) is 0.666. The summed E-state index contributed by atoms with van der Waals surface area (Å²) < 4.78 is 2.23. The van der Waals surface area contributed by atoms with Crippen LogP contribution in [0.1, 0.15) is 49.7 Å². The van der Waals surface area contributed by atoms with Gasteiger partial charge in [-0.3, -0.25) is 4.79 Å². The van der Waals surface area contributed by atoms with Gasteiger partial charge in [0, 0.05) is 30.4 Å². The van der Waals surface area contributed by atoms with E-state index in [1.54, 1.807) is 11.8 Å². The van der Waals surface area contributed by atoms with Crippen molar-refractivity contribution in [1.29, 1.82) is 0 Å². The second-order valence-electron chi connectivity index (χ2n) is 6.80. The molecule has 0 spiro atoms. The minimum absolute atomic E-state index is 0.0420. The van der Waals surface area contributed by atoms with Crippen molar-refractivity contribution in [3.05, 3.63) is 33.6 Å². The van der Waals surface area contributed by atoms with Crippen molar-refractivity contribution < 1.29 is 0 Å². The van der Waals surface area contributed by atoms with Crippen LogP contribution in [0.4, 0.5) is 5.82 Å². The Balaban J connectivity index is 1.58. The molecular formula is C17H23N5OS. The maximum Gasteiger partial charge on any atom is 0.254 e. The van der Waals surface area contributed by atoms with E-state index in [0.717, 1.165) is 60.3 Å². The highest BCUT2D eigenvalue weighted by Crippen LogP contribution is 2.31. The molecule has 2 aromatic heterocycles. The maximum absolute atomic E-state index is 12.2. The van der Waals surface area contributed by atoms with E-state index < -0.39 is 0 Å². The molecule has 1 N–H and O–H groups in total. The fourth-order valence-corrected chi connectivity index (χ4v) is 4.27. The van der Waals surface area contributed by atoms with Crippen molar-refractivity contribution in [3.63, 3.8) is 0 Å². The van der Waals surface area contributed by atoms with Crippen LogP contribution in [0.3, 0.4) is 0 Å². The van der Waals surface area contributed by atoms with Gasteiger partial charge in [0.2, 0.25) is 0 Å². The predicted octanol–water partition coefficient (Wildman–Crippen LogP) is 2.54. The topological polar surface area (TPSA) is 66.8 Å². The molecule has 0 atom stereocenters. The third-order valence-electron chi connectivity index (χ3n) is 4.85. The van der Waals surface area contributed by atoms with Crippen molar-refractivity contribution in [1.82, 2.24) is 19.5 Å². The van der Waals surface area contributed by atoms with Crippen LogP contribution in [0, 0.1) is 0 Å². The van der Waals surface area contributed by atoms with E-state index >= 15 is 0 Å². The van der Waals surface area contributed by atoms with Gasteiger partial charge in [0.05, 0.1) is 17.7 Å². The van der Waals surface area contributed by atoms with E-state index in [-0.39, 0.29) is 5.56 Å². The number of aromatic amines is 1. The number of imidazole rings is 1. The molecule has 0 saturated carbocycles. The fourth-order valence-electron chi connectivity index (χ4n) is 3.38. The SMILES string of the molecule is CC(C)n1cnc(N2CCC2)c1CSc1nc2c(c(=O)[nH]1)CCC2. The standard InChI is InChI=1S/C17H23N5OS/c1-11(2)22-10-18-15(21-7-4-8-21)14(22)9-24-17-19-13-6-3-5-12(13)16(23)20-17/h10-11H,3-9H2,1-2H3,(H,19,20,23). The summed E-state index contributed by atoms with van der Waals surface area (Å²) in [4.78, 5) is 26.7. The minimum atomic E-state index is 0.0420. The van der Waals surface area contributed by atoms with E-state index in [1.165, 1.54) is 12.1 Å². The molecule has 4 rings (SSSR count). The predicted molar refractivity (Wildman–Crippen MR) is 95.9 cm³/mol. The van der Waals surface area contributed by atoms with Gasteiger partial charge in [-0.2, -0.15) is 0 Å². The average molecular weight is 345 g/mol. The Kier molecular flexibility index (Phi) is 4.12. The Morgan fingerprint density at radius 2 is 2.12 bits per heavy atom. The highest BCUT2D eigenvalue weighted by atomic mass is 32.2. The smallest absolute Gasteiger partial charge is 0.254 e. The summed E-state index contributed by atoms with van der Waals surface area (Å²) in [5, 5.41) is 0.728. The number of rotatable bonds is 5. The molecule has 1 fully saturated rings. The van der Waals surface area contributed by atoms with E-state index in [1.807, 2.05) is 6.33 Å². The third kappa shape index (κ3) is 2.75. The first-order chi connectivity index (χ1) is 11.6. The Bertz CT molecular complexity index is 806. The molecule has 0 radical (unpaired) electrons. The largest absolute Gasteiger partial charge is 0.355 e. The summed E-state index contributed by atoms with van der Waals surface area (Å²) in [6, 6.07) is 0.371. The van der Waals surface area contributed by atoms with E-state index in [0.29, 0.717) is 6.04 Å². The highest BCUT2D eigenvalue weighted by molar-refractivity contribution is 7.98. The molecule has 7 heteroatoms. The van der Waals surface area contributed by atoms with Gasteiger partial charge in [0.15, 0.2) is 11.0 Å². The number of thioether (sulfide) groups is 1. The first-order valence-electron chi connectivity index (χ1n) is 8.69. The summed E-state index contributed by atoms with van der Waals surface area (Å²) in [5.41, 5.74) is 3.13. The van der Waals surface area contributed by atoms with Crippen molar-refractivity contribution in [2.75, 3.05) is 18.0 Å². The molecule has 0 unspecified atom stereocenters. The van der Waals surface area contributed by atoms with Crippen molar-refractivity contribution in [3.8, 4) is 0 Å². The molecule has 0 aromatic carbocycles. The van der Waals surface area contributed by atoms with Crippen LogP contribution < -0.4 is 10.5 Å². The molecule has 1 aliphatic carbocycles. The Labute approximate surface area is 145 Å². The third-order valence-corrected chi connectivity index (χ3v) is 5.74. The lowest BCUT2D eigenvalue weighted by Crippen LogP contribution is -2.38. The number of nitrogens with one attached hydrogen (secondary N) is 1. The molecule has 128 valence electrons. The van der Waals surface area contributed by atoms with Gasteiger partial charge < -0.3 is 14.5 Å². The number of hydrogen-bond donors (Lipinski definition) is 1. The van der Waals surface area contributed by atoms with Crippen molar-refractivity contribution in [2.45, 2.75) is 56.5 Å². The van der Waals surface area contributed by atoms with Crippen LogP contribution in [0.15, 0.2) is 16.3 Å². The minimum Gasteiger partial charge on any atom is -0.355 e. The van der Waals surface area contributed by atoms with Crippen LogP contribution >= 0.6 is 11.8 Å². The Morgan fingerprint density at radius 1 is 1.29 bits per heavy atom. The number of aromatic nitrogens is 4. The van der Waals surface area contributed by atoms with Crippen LogP contribution in [-0.2, 0) is 18.6 Å². The van der Waals surface area contributed by atoms with E-state index in [4.69, 9.17) is 0 Å². The molecule has 2 aliphatic rings. The monoisotopic (exact) mass is 345 g/mol. The van der Waals surface area contributed by atoms with Gasteiger partial charge in [0.25, 0.3) is 5.56 Å². The molecule has 24 heavy (non-hydrogen) atoms. The van der Waals surface area contributed by atoms with Crippen LogP contribution in [0.2, 0.25) is 0 Å². The van der Waals surface area contributed by atoms with Crippen LogP contribution in [0.5, 0.6) is 0 Å². The Hall–Kier alpha value is -1.76. The molecule has 0 amide bonds. The first kappa shape index (κ1) is 15.7. The lowest BCUT2D eigenvalue weighted by molar-refractivity contribution is 0.577. The number of nitrogens with zero attached hydrogens (tertiary/aromatic N) is 4. The summed E-state index contributed by atoms with van der Waals surface area (Å²) in [5.74, 6) is 1.86. The summed E-state index contributed by atoms with van der Waals surface area (Å²) in [7, 11) is 0. The molecule has 1 aliphatic heterocycles. The molecule has 0 bridgehead atoms. The molecule has 3 heterocycles. The van der Waals surface area contributed by atoms with E-state index in [9.17, 15) is 4.79 Å². The lowest BCUT2D eigenvalue weighted by atomic mass is 10.2. The van der Waals surface area contributed by atoms with Gasteiger partial charge >= 0.3 is 0 Å². The number of hydrogen-bond acceptors (Lipinski definition) is 5. The lowest BCUT2D eigenvalue weighted by Gasteiger charge is -2.32. The van der Waals surface area contributed by atoms with Gasteiger partial charge in [-0.05, 0) is 39.5 Å². The summed E-state index contributed by atoms with van der Waals surface area (Å²) in [6.45, 7) is 6.51. The molecule has 2 aromatic rings. The normalized spacial score (nSPS) is 16.5. The second-order valence-corrected chi connectivity index (χ2v) is 7.76. The van der Waals surface area contributed by atoms with Gasteiger partial charge in [-0.15, -0.1) is 0 Å². The van der Waals surface area contributed by atoms with Crippen LogP contribution in [-0.4, -0.2) is 32.6 Å². The molecule has 1 saturated heterocycles. The maximum atomic E-state index is 12.2. The average Bonchev–Trinajstić information content (AvgIpc) is 3.10. The molecular weight excluding hydrogens is 322 g/mol. The number of H-pyrrole nitrogens is 1. The molecule has 6 nitrogen and oxygen atoms in total.